The molecule has 2 aliphatic heterocycles. The molecule has 226 valence electrons. The molecule has 0 aliphatic carbocycles. The van der Waals surface area contributed by atoms with Crippen LogP contribution >= 0.6 is 0 Å². The van der Waals surface area contributed by atoms with E-state index >= 15 is 0 Å². The minimum absolute atomic E-state index is 0.0796. The summed E-state index contributed by atoms with van der Waals surface area (Å²) in [5.74, 6) is -1.24. The number of carbonyl (C=O) groups is 5. The summed E-state index contributed by atoms with van der Waals surface area (Å²) in [6.07, 6.45) is 4.11. The maximum atomic E-state index is 13.8. The molecule has 0 aromatic heterocycles. The van der Waals surface area contributed by atoms with Crippen LogP contribution in [0.2, 0.25) is 0 Å². The number of hydrogen-bond acceptors (Lipinski definition) is 7. The van der Waals surface area contributed by atoms with E-state index in [1.807, 2.05) is 13.8 Å². The van der Waals surface area contributed by atoms with E-state index in [-0.39, 0.29) is 31.2 Å². The zero-order valence-electron chi connectivity index (χ0n) is 24.1. The van der Waals surface area contributed by atoms with E-state index in [0.29, 0.717) is 49.5 Å². The summed E-state index contributed by atoms with van der Waals surface area (Å²) in [6, 6.07) is 3.57. The summed E-state index contributed by atoms with van der Waals surface area (Å²) in [5.41, 5.74) is 0.776. The van der Waals surface area contributed by atoms with Crippen LogP contribution in [-0.2, 0) is 30.4 Å². The number of methoxy groups -OCH3 is 1. The van der Waals surface area contributed by atoms with E-state index in [4.69, 9.17) is 4.74 Å². The molecule has 2 aliphatic rings. The number of nitrogens with zero attached hydrogens (tertiary/aromatic N) is 2. The van der Waals surface area contributed by atoms with Gasteiger partial charge in [-0.15, -0.1) is 0 Å². The molecular formula is C29H43N5O7. The highest BCUT2D eigenvalue weighted by Gasteiger charge is 2.40. The van der Waals surface area contributed by atoms with Crippen LogP contribution in [0, 0.1) is 5.92 Å². The Kier molecular flexibility index (Phi) is 11.9. The van der Waals surface area contributed by atoms with Gasteiger partial charge in [0.25, 0.3) is 0 Å². The molecule has 2 fully saturated rings. The number of benzene rings is 1. The Morgan fingerprint density at radius 2 is 1.71 bits per heavy atom. The molecule has 2 saturated heterocycles. The number of unbranched alkanes of at least 4 members (excludes halogenated alkanes) is 1. The Bertz CT molecular complexity index is 1070. The van der Waals surface area contributed by atoms with Crippen LogP contribution < -0.4 is 20.7 Å². The topological polar surface area (TPSA) is 157 Å². The average molecular weight is 574 g/mol. The van der Waals surface area contributed by atoms with Gasteiger partial charge in [0.1, 0.15) is 29.9 Å². The molecule has 0 unspecified atom stereocenters. The molecular weight excluding hydrogens is 530 g/mol. The number of nitrogens with one attached hydrogen (secondary N) is 3. The van der Waals surface area contributed by atoms with Crippen molar-refractivity contribution in [1.29, 1.82) is 0 Å². The molecule has 5 atom stereocenters. The van der Waals surface area contributed by atoms with Crippen molar-refractivity contribution in [3.05, 3.63) is 29.8 Å². The summed E-state index contributed by atoms with van der Waals surface area (Å²) in [5, 5.41) is 18.5. The number of fused-ring (bicyclic) bond motifs is 1. The van der Waals surface area contributed by atoms with Gasteiger partial charge in [-0.25, -0.2) is 5.06 Å². The third kappa shape index (κ3) is 8.66. The van der Waals surface area contributed by atoms with Crippen molar-refractivity contribution < 1.29 is 33.9 Å². The first-order chi connectivity index (χ1) is 19.7. The van der Waals surface area contributed by atoms with E-state index in [2.05, 4.69) is 16.0 Å². The molecule has 1 aromatic carbocycles. The normalized spacial score (nSPS) is 24.5. The van der Waals surface area contributed by atoms with Crippen LogP contribution in [0.25, 0.3) is 0 Å². The van der Waals surface area contributed by atoms with Crippen LogP contribution in [0.15, 0.2) is 24.3 Å². The Morgan fingerprint density at radius 1 is 1.02 bits per heavy atom. The van der Waals surface area contributed by atoms with Gasteiger partial charge in [0.05, 0.1) is 7.11 Å². The predicted octanol–water partition coefficient (Wildman–Crippen LogP) is 1.15. The summed E-state index contributed by atoms with van der Waals surface area (Å²) >= 11 is 0. The molecule has 5 amide bonds. The maximum Gasteiger partial charge on any atom is 0.246 e. The number of hydrogen-bond donors (Lipinski definition) is 4. The van der Waals surface area contributed by atoms with Crippen molar-refractivity contribution in [2.45, 2.75) is 89.4 Å². The van der Waals surface area contributed by atoms with Crippen LogP contribution in [0.3, 0.4) is 0 Å². The van der Waals surface area contributed by atoms with Crippen molar-refractivity contribution in [1.82, 2.24) is 25.9 Å². The number of hydroxylamine groups is 2. The van der Waals surface area contributed by atoms with Crippen molar-refractivity contribution in [3.63, 3.8) is 0 Å². The van der Waals surface area contributed by atoms with Crippen molar-refractivity contribution in [2.24, 2.45) is 5.92 Å². The highest BCUT2D eigenvalue weighted by atomic mass is 16.5. The fourth-order valence-corrected chi connectivity index (χ4v) is 5.27. The highest BCUT2D eigenvalue weighted by molar-refractivity contribution is 5.97. The van der Waals surface area contributed by atoms with Crippen LogP contribution in [0.1, 0.15) is 64.4 Å². The number of carbonyl (C=O) groups excluding carboxylic acids is 5. The Hall–Kier alpha value is -3.67. The maximum absolute atomic E-state index is 13.8. The minimum atomic E-state index is -1.01. The van der Waals surface area contributed by atoms with Gasteiger partial charge in [-0.1, -0.05) is 32.4 Å². The number of ether oxygens (including phenoxy) is 1. The van der Waals surface area contributed by atoms with Gasteiger partial charge in [0.2, 0.25) is 30.0 Å². The second-order valence-corrected chi connectivity index (χ2v) is 10.9. The van der Waals surface area contributed by atoms with E-state index in [0.717, 1.165) is 18.4 Å². The first kappa shape index (κ1) is 31.9. The highest BCUT2D eigenvalue weighted by Crippen LogP contribution is 2.22. The third-order valence-electron chi connectivity index (χ3n) is 7.98. The standard InChI is InChI=1S/C29H43N5O7/c1-4-19(2)25-29(39)34-16-8-6-10-24(34)28(38)30-22(9-5-7-15-33(40)18-35)26(36)31-23(27(37)32-25)17-20-11-13-21(41-3)14-12-20/h11-14,18-19,22-25,40H,4-10,15-17H2,1-3H3,(H,30,38)(H,31,36)(H,32,37)/t19-,22+,23-,24-,25+/m1/s1. The number of piperidine rings is 1. The first-order valence-corrected chi connectivity index (χ1v) is 14.4. The lowest BCUT2D eigenvalue weighted by Crippen LogP contribution is -2.64. The molecule has 12 heteroatoms. The van der Waals surface area contributed by atoms with Gasteiger partial charge in [-0.3, -0.25) is 29.2 Å². The van der Waals surface area contributed by atoms with E-state index < -0.39 is 41.9 Å². The van der Waals surface area contributed by atoms with Crippen LogP contribution in [0.4, 0.5) is 0 Å². The molecule has 0 radical (unpaired) electrons. The fourth-order valence-electron chi connectivity index (χ4n) is 5.27. The predicted molar refractivity (Wildman–Crippen MR) is 150 cm³/mol. The molecule has 4 N–H and O–H groups in total. The summed E-state index contributed by atoms with van der Waals surface area (Å²) in [6.45, 7) is 4.30. The molecule has 0 saturated carbocycles. The van der Waals surface area contributed by atoms with Crippen LogP contribution in [0.5, 0.6) is 5.75 Å². The average Bonchev–Trinajstić information content (AvgIpc) is 2.99. The second kappa shape index (κ2) is 15.4. The van der Waals surface area contributed by atoms with Gasteiger partial charge >= 0.3 is 0 Å². The Morgan fingerprint density at radius 3 is 2.37 bits per heavy atom. The largest absolute Gasteiger partial charge is 0.497 e. The molecule has 2 heterocycles. The van der Waals surface area contributed by atoms with Gasteiger partial charge in [0, 0.05) is 19.5 Å². The molecule has 12 nitrogen and oxygen atoms in total. The molecule has 0 spiro atoms. The minimum Gasteiger partial charge on any atom is -0.497 e. The molecule has 3 rings (SSSR count). The third-order valence-corrected chi connectivity index (χ3v) is 7.98. The molecule has 0 bridgehead atoms. The van der Waals surface area contributed by atoms with E-state index in [1.54, 1.807) is 36.3 Å². The summed E-state index contributed by atoms with van der Waals surface area (Å²) < 4.78 is 5.22. The van der Waals surface area contributed by atoms with Gasteiger partial charge in [-0.2, -0.15) is 0 Å². The molecule has 1 aromatic rings. The SMILES string of the molecule is CC[C@@H](C)[C@@H]1NC(=O)[C@@H](Cc2ccc(OC)cc2)NC(=O)[C@H](CCCCN(O)C=O)NC(=O)[C@H]2CCCCN2C1=O. The first-order valence-electron chi connectivity index (χ1n) is 14.4. The zero-order chi connectivity index (χ0) is 29.9. The second-order valence-electron chi connectivity index (χ2n) is 10.9. The lowest BCUT2D eigenvalue weighted by molar-refractivity contribution is -0.150. The lowest BCUT2D eigenvalue weighted by Gasteiger charge is -2.39. The fraction of sp³-hybridized carbons (Fsp3) is 0.621. The van der Waals surface area contributed by atoms with Gasteiger partial charge in [-0.05, 0) is 62.1 Å². The van der Waals surface area contributed by atoms with E-state index in [9.17, 15) is 29.2 Å². The number of amides is 5. The summed E-state index contributed by atoms with van der Waals surface area (Å²) in [7, 11) is 1.56. The quantitative estimate of drug-likeness (QED) is 0.134. The van der Waals surface area contributed by atoms with E-state index in [1.165, 1.54) is 0 Å². The zero-order valence-corrected chi connectivity index (χ0v) is 24.1. The molecule has 41 heavy (non-hydrogen) atoms. The monoisotopic (exact) mass is 573 g/mol. The van der Waals surface area contributed by atoms with Crippen molar-refractivity contribution >= 4 is 30.0 Å². The Balaban J connectivity index is 1.93. The van der Waals surface area contributed by atoms with Crippen molar-refractivity contribution in [3.8, 4) is 5.75 Å². The Labute approximate surface area is 241 Å². The smallest absolute Gasteiger partial charge is 0.246 e. The lowest BCUT2D eigenvalue weighted by atomic mass is 9.93. The van der Waals surface area contributed by atoms with Gasteiger partial charge in [0.15, 0.2) is 0 Å². The van der Waals surface area contributed by atoms with Crippen molar-refractivity contribution in [2.75, 3.05) is 20.2 Å². The number of rotatable bonds is 11. The van der Waals surface area contributed by atoms with Gasteiger partial charge < -0.3 is 25.6 Å². The summed E-state index contributed by atoms with van der Waals surface area (Å²) in [4.78, 5) is 66.9. The van der Waals surface area contributed by atoms with Crippen LogP contribution in [-0.4, -0.2) is 89.6 Å².